The molecule has 0 unspecified atom stereocenters. The van der Waals surface area contributed by atoms with Crippen LogP contribution in [0.2, 0.25) is 0 Å². The average molecular weight is 916 g/mol. The molecule has 0 fully saturated rings. The second-order valence-electron chi connectivity index (χ2n) is 17.4. The number of pyridine rings is 1. The summed E-state index contributed by atoms with van der Waals surface area (Å²) in [5.74, 6) is 1.67. The van der Waals surface area contributed by atoms with Crippen LogP contribution in [0.4, 0.5) is 0 Å². The Morgan fingerprint density at radius 3 is 1.04 bits per heavy atom. The molecule has 0 bridgehead atoms. The van der Waals surface area contributed by atoms with Crippen molar-refractivity contribution in [2.45, 2.75) is 0 Å². The lowest BCUT2D eigenvalue weighted by atomic mass is 10.2. The lowest BCUT2D eigenvalue weighted by Gasteiger charge is -2.34. The first-order chi connectivity index (χ1) is 34.2. The number of hydrogen-bond donors (Lipinski definition) is 0. The van der Waals surface area contributed by atoms with Crippen LogP contribution < -0.4 is 41.5 Å². The Morgan fingerprint density at radius 1 is 0.290 bits per heavy atom. The molecule has 69 heavy (non-hydrogen) atoms. The molecular weight excluding hydrogens is 871 g/mol. The van der Waals surface area contributed by atoms with Crippen molar-refractivity contribution in [3.63, 3.8) is 0 Å². The molecule has 3 aromatic heterocycles. The fourth-order valence-electron chi connectivity index (χ4n) is 10.6. The van der Waals surface area contributed by atoms with Gasteiger partial charge in [-0.25, -0.2) is 9.97 Å². The molecule has 12 aromatic rings. The minimum absolute atomic E-state index is 0.506. The molecule has 0 saturated carbocycles. The van der Waals surface area contributed by atoms with Crippen LogP contribution in [-0.4, -0.2) is 40.7 Å². The molecule has 0 aliphatic rings. The maximum absolute atomic E-state index is 5.50. The highest BCUT2D eigenvalue weighted by Gasteiger charge is 2.43. The Kier molecular flexibility index (Phi) is 10.8. The smallest absolute Gasteiger partial charge is 0.240 e. The summed E-state index contributed by atoms with van der Waals surface area (Å²) in [4.78, 5) is 21.4. The third kappa shape index (κ3) is 7.15. The first-order valence-electron chi connectivity index (χ1n) is 23.4. The normalized spacial score (nSPS) is 11.8. The van der Waals surface area contributed by atoms with Crippen molar-refractivity contribution in [3.05, 3.63) is 273 Å². The van der Waals surface area contributed by atoms with E-state index in [0.29, 0.717) is 17.6 Å². The number of fused-ring (bicyclic) bond motifs is 3. The van der Waals surface area contributed by atoms with Gasteiger partial charge in [-0.15, -0.1) is 0 Å². The molecular formula is C62H45N5Si2. The summed E-state index contributed by atoms with van der Waals surface area (Å²) in [6, 6.07) is 96.6. The van der Waals surface area contributed by atoms with E-state index in [-0.39, 0.29) is 0 Å². The second kappa shape index (κ2) is 17.9. The maximum Gasteiger partial charge on any atom is 0.240 e. The summed E-state index contributed by atoms with van der Waals surface area (Å²) in [5.41, 5.74) is 3.58. The van der Waals surface area contributed by atoms with Crippen LogP contribution in [0.15, 0.2) is 273 Å². The summed E-state index contributed by atoms with van der Waals surface area (Å²) >= 11 is 0. The Bertz CT molecular complexity index is 3290. The van der Waals surface area contributed by atoms with Crippen LogP contribution in [0, 0.1) is 0 Å². The molecule has 9 aromatic carbocycles. The molecule has 326 valence electrons. The van der Waals surface area contributed by atoms with E-state index in [0.717, 1.165) is 33.1 Å². The van der Waals surface area contributed by atoms with E-state index >= 15 is 0 Å². The molecule has 0 N–H and O–H groups in total. The fraction of sp³-hybridized carbons (Fsp3) is 0. The van der Waals surface area contributed by atoms with Crippen molar-refractivity contribution >= 4 is 79.6 Å². The highest BCUT2D eigenvalue weighted by molar-refractivity contribution is 7.20. The fourth-order valence-corrected chi connectivity index (χ4v) is 20.2. The van der Waals surface area contributed by atoms with Gasteiger partial charge in [-0.2, -0.15) is 9.97 Å². The van der Waals surface area contributed by atoms with Crippen molar-refractivity contribution in [1.29, 1.82) is 0 Å². The van der Waals surface area contributed by atoms with Crippen LogP contribution in [0.5, 0.6) is 0 Å². The zero-order valence-corrected chi connectivity index (χ0v) is 39.7. The van der Waals surface area contributed by atoms with E-state index in [1.54, 1.807) is 0 Å². The standard InChI is InChI=1S/C62H45N5Si2/c1-7-26-48(27-8-1)68(49-28-9-2-10-29-49,50-30-11-3-12-31-50)54-38-21-24-46(44-54)59-64-60(66-62(65-59)67-58-42-20-19-40-56(58)57-41-23-43-63-61(57)67)47-25-22-39-55(45-47)69(51-32-13-4-14-33-51,52-34-15-5-16-35-52)53-36-17-6-18-37-53/h1-45H. The number of hydrogen-bond acceptors (Lipinski definition) is 4. The molecule has 0 spiro atoms. The number of rotatable bonds is 11. The number of para-hydroxylation sites is 1. The molecule has 7 heteroatoms. The molecule has 0 atom stereocenters. The van der Waals surface area contributed by atoms with Crippen LogP contribution in [0.25, 0.3) is 50.7 Å². The molecule has 3 heterocycles. The first kappa shape index (κ1) is 41.8. The Hall–Kier alpha value is -8.63. The Morgan fingerprint density at radius 2 is 0.638 bits per heavy atom. The van der Waals surface area contributed by atoms with E-state index in [1.165, 1.54) is 41.5 Å². The van der Waals surface area contributed by atoms with Crippen LogP contribution in [0.3, 0.4) is 0 Å². The summed E-state index contributed by atoms with van der Waals surface area (Å²) in [6.07, 6.45) is 1.84. The van der Waals surface area contributed by atoms with Crippen molar-refractivity contribution in [1.82, 2.24) is 24.5 Å². The molecule has 0 aliphatic heterocycles. The van der Waals surface area contributed by atoms with Gasteiger partial charge in [0.25, 0.3) is 0 Å². The van der Waals surface area contributed by atoms with Crippen molar-refractivity contribution < 1.29 is 0 Å². The number of aromatic nitrogens is 5. The highest BCUT2D eigenvalue weighted by Crippen LogP contribution is 2.31. The minimum Gasteiger partial charge on any atom is -0.262 e. The van der Waals surface area contributed by atoms with Gasteiger partial charge in [0, 0.05) is 28.1 Å². The summed E-state index contributed by atoms with van der Waals surface area (Å²) in [5, 5.41) is 12.4. The van der Waals surface area contributed by atoms with Gasteiger partial charge in [0.05, 0.1) is 5.52 Å². The van der Waals surface area contributed by atoms with Gasteiger partial charge in [-0.05, 0) is 59.7 Å². The minimum atomic E-state index is -2.89. The lowest BCUT2D eigenvalue weighted by molar-refractivity contribution is 0.944. The monoisotopic (exact) mass is 915 g/mol. The van der Waals surface area contributed by atoms with Crippen molar-refractivity contribution in [2.24, 2.45) is 0 Å². The number of nitrogens with zero attached hydrogens (tertiary/aromatic N) is 5. The maximum atomic E-state index is 5.50. The van der Waals surface area contributed by atoms with E-state index in [2.05, 4.69) is 265 Å². The molecule has 0 aliphatic carbocycles. The van der Waals surface area contributed by atoms with E-state index in [4.69, 9.17) is 19.9 Å². The third-order valence-electron chi connectivity index (χ3n) is 13.6. The molecule has 0 amide bonds. The topological polar surface area (TPSA) is 56.5 Å². The van der Waals surface area contributed by atoms with Gasteiger partial charge in [-0.3, -0.25) is 4.57 Å². The lowest BCUT2D eigenvalue weighted by Crippen LogP contribution is -2.74. The first-order valence-corrected chi connectivity index (χ1v) is 27.4. The van der Waals surface area contributed by atoms with Crippen molar-refractivity contribution in [3.8, 4) is 28.7 Å². The van der Waals surface area contributed by atoms with Gasteiger partial charge < -0.3 is 0 Å². The van der Waals surface area contributed by atoms with Gasteiger partial charge in [-0.1, -0.05) is 249 Å². The van der Waals surface area contributed by atoms with E-state index in [1.807, 2.05) is 12.3 Å². The summed E-state index contributed by atoms with van der Waals surface area (Å²) in [6.45, 7) is 0. The second-order valence-corrected chi connectivity index (χ2v) is 25.0. The zero-order chi connectivity index (χ0) is 46.0. The zero-order valence-electron chi connectivity index (χ0n) is 37.7. The van der Waals surface area contributed by atoms with Crippen LogP contribution in [-0.2, 0) is 0 Å². The molecule has 0 radical (unpaired) electrons. The molecule has 12 rings (SSSR count). The van der Waals surface area contributed by atoms with Crippen LogP contribution in [0.1, 0.15) is 0 Å². The van der Waals surface area contributed by atoms with Gasteiger partial charge in [0.2, 0.25) is 5.95 Å². The highest BCUT2D eigenvalue weighted by atomic mass is 28.3. The quantitative estimate of drug-likeness (QED) is 0.0967. The van der Waals surface area contributed by atoms with E-state index in [9.17, 15) is 0 Å². The summed E-state index contributed by atoms with van der Waals surface area (Å²) < 4.78 is 2.10. The summed E-state index contributed by atoms with van der Waals surface area (Å²) in [7, 11) is -5.78. The Labute approximate surface area is 403 Å². The van der Waals surface area contributed by atoms with Gasteiger partial charge >= 0.3 is 0 Å². The predicted molar refractivity (Wildman–Crippen MR) is 290 cm³/mol. The van der Waals surface area contributed by atoms with Crippen LogP contribution >= 0.6 is 0 Å². The predicted octanol–water partition coefficient (Wildman–Crippen LogP) is 8.45. The van der Waals surface area contributed by atoms with Crippen molar-refractivity contribution in [2.75, 3.05) is 0 Å². The van der Waals surface area contributed by atoms with Gasteiger partial charge in [0.15, 0.2) is 27.8 Å². The SMILES string of the molecule is c1ccc([Si](c2ccccc2)(c2ccccc2)c2cccc(-c3nc(-c4cccc([Si](c5ccccc5)(c5ccccc5)c5ccccc5)c4)nc(-n4c5ccccc5c5cccnc54)n3)c2)cc1. The Balaban J connectivity index is 1.13. The van der Waals surface area contributed by atoms with E-state index < -0.39 is 16.1 Å². The average Bonchev–Trinajstić information content (AvgIpc) is 3.78. The van der Waals surface area contributed by atoms with Gasteiger partial charge in [0.1, 0.15) is 5.65 Å². The molecule has 0 saturated heterocycles. The third-order valence-corrected chi connectivity index (χ3v) is 23.2. The number of benzene rings is 9. The largest absolute Gasteiger partial charge is 0.262 e. The molecule has 5 nitrogen and oxygen atoms in total.